The van der Waals surface area contributed by atoms with Gasteiger partial charge >= 0.3 is 5.69 Å². The quantitative estimate of drug-likeness (QED) is 0.755. The minimum Gasteiger partial charge on any atom is -0.311 e. The molecule has 4 heteroatoms. The van der Waals surface area contributed by atoms with E-state index in [1.807, 2.05) is 31.2 Å². The zero-order valence-corrected chi connectivity index (χ0v) is 9.13. The van der Waals surface area contributed by atoms with Crippen LogP contribution in [0.3, 0.4) is 0 Å². The van der Waals surface area contributed by atoms with Crippen LogP contribution in [0.1, 0.15) is 11.3 Å². The summed E-state index contributed by atoms with van der Waals surface area (Å²) in [7, 11) is 0. The van der Waals surface area contributed by atoms with E-state index < -0.39 is 5.69 Å². The van der Waals surface area contributed by atoms with Crippen LogP contribution in [0.25, 0.3) is 11.1 Å². The number of aromatic amines is 2. The summed E-state index contributed by atoms with van der Waals surface area (Å²) in [6.07, 6.45) is 0. The van der Waals surface area contributed by atoms with Crippen LogP contribution in [-0.2, 0) is 0 Å². The molecule has 2 N–H and O–H groups in total. The van der Waals surface area contributed by atoms with Crippen LogP contribution < -0.4 is 11.2 Å². The van der Waals surface area contributed by atoms with Gasteiger partial charge in [-0.05, 0) is 19.4 Å². The summed E-state index contributed by atoms with van der Waals surface area (Å²) in [5.41, 5.74) is 2.20. The normalized spacial score (nSPS) is 10.4. The Morgan fingerprint density at radius 2 is 1.56 bits per heavy atom. The van der Waals surface area contributed by atoms with Gasteiger partial charge in [-0.15, -0.1) is 0 Å². The molecule has 4 nitrogen and oxygen atoms in total. The maximum atomic E-state index is 11.7. The summed E-state index contributed by atoms with van der Waals surface area (Å²) >= 11 is 0. The third-order valence-electron chi connectivity index (χ3n) is 2.47. The van der Waals surface area contributed by atoms with Crippen LogP contribution in [0.15, 0.2) is 33.9 Å². The fraction of sp³-hybridized carbons (Fsp3) is 0.167. The molecule has 16 heavy (non-hydrogen) atoms. The van der Waals surface area contributed by atoms with Gasteiger partial charge in [0.1, 0.15) is 0 Å². The van der Waals surface area contributed by atoms with Crippen molar-refractivity contribution in [1.29, 1.82) is 0 Å². The molecule has 2 rings (SSSR count). The molecule has 0 aliphatic carbocycles. The highest BCUT2D eigenvalue weighted by Crippen LogP contribution is 2.17. The Labute approximate surface area is 92.0 Å². The van der Waals surface area contributed by atoms with Gasteiger partial charge in [0.15, 0.2) is 0 Å². The zero-order chi connectivity index (χ0) is 11.7. The van der Waals surface area contributed by atoms with Gasteiger partial charge in [-0.1, -0.05) is 29.8 Å². The van der Waals surface area contributed by atoms with Crippen LogP contribution in [-0.4, -0.2) is 9.97 Å². The lowest BCUT2D eigenvalue weighted by Crippen LogP contribution is -2.24. The molecule has 0 bridgehead atoms. The van der Waals surface area contributed by atoms with Crippen LogP contribution in [0.2, 0.25) is 0 Å². The van der Waals surface area contributed by atoms with E-state index in [2.05, 4.69) is 9.97 Å². The number of hydrogen-bond donors (Lipinski definition) is 2. The number of rotatable bonds is 1. The van der Waals surface area contributed by atoms with Crippen molar-refractivity contribution >= 4 is 0 Å². The minimum atomic E-state index is -0.474. The predicted octanol–water partition coefficient (Wildman–Crippen LogP) is 1.35. The molecule has 0 fully saturated rings. The van der Waals surface area contributed by atoms with Crippen molar-refractivity contribution in [2.45, 2.75) is 13.8 Å². The SMILES string of the molecule is Cc1ccc(-c2c(C)[nH]c(=O)[nH]c2=O)cc1. The van der Waals surface area contributed by atoms with Gasteiger partial charge in [0.25, 0.3) is 5.56 Å². The molecule has 0 amide bonds. The summed E-state index contributed by atoms with van der Waals surface area (Å²) in [6, 6.07) is 7.59. The molecule has 1 aromatic heterocycles. The van der Waals surface area contributed by atoms with Crippen LogP contribution in [0.4, 0.5) is 0 Å². The highest BCUT2D eigenvalue weighted by Gasteiger charge is 2.07. The zero-order valence-electron chi connectivity index (χ0n) is 9.13. The highest BCUT2D eigenvalue weighted by atomic mass is 16.2. The van der Waals surface area contributed by atoms with E-state index in [0.29, 0.717) is 11.3 Å². The Kier molecular flexibility index (Phi) is 2.48. The lowest BCUT2D eigenvalue weighted by Gasteiger charge is -2.04. The average molecular weight is 216 g/mol. The molecule has 0 atom stereocenters. The Morgan fingerprint density at radius 3 is 2.12 bits per heavy atom. The van der Waals surface area contributed by atoms with E-state index in [1.165, 1.54) is 0 Å². The van der Waals surface area contributed by atoms with Crippen molar-refractivity contribution < 1.29 is 0 Å². The first kappa shape index (κ1) is 10.4. The maximum Gasteiger partial charge on any atom is 0.325 e. The Hall–Kier alpha value is -2.10. The van der Waals surface area contributed by atoms with Crippen molar-refractivity contribution in [3.8, 4) is 11.1 Å². The summed E-state index contributed by atoms with van der Waals surface area (Å²) in [5.74, 6) is 0. The number of aryl methyl sites for hydroxylation is 2. The van der Waals surface area contributed by atoms with Gasteiger partial charge in [-0.2, -0.15) is 0 Å². The molecule has 0 aliphatic heterocycles. The second kappa shape index (κ2) is 3.81. The highest BCUT2D eigenvalue weighted by molar-refractivity contribution is 5.64. The van der Waals surface area contributed by atoms with Crippen molar-refractivity contribution in [2.24, 2.45) is 0 Å². The van der Waals surface area contributed by atoms with Crippen molar-refractivity contribution in [1.82, 2.24) is 9.97 Å². The number of H-pyrrole nitrogens is 2. The van der Waals surface area contributed by atoms with E-state index in [4.69, 9.17) is 0 Å². The summed E-state index contributed by atoms with van der Waals surface area (Å²) in [5, 5.41) is 0. The number of nitrogens with one attached hydrogen (secondary N) is 2. The molecule has 0 aliphatic rings. The number of benzene rings is 1. The molecule has 2 aromatic rings. The molecule has 0 radical (unpaired) electrons. The first-order chi connectivity index (χ1) is 7.58. The molecular formula is C12H12N2O2. The second-order valence-corrected chi connectivity index (χ2v) is 3.77. The lowest BCUT2D eigenvalue weighted by molar-refractivity contribution is 0.999. The topological polar surface area (TPSA) is 65.7 Å². The first-order valence-electron chi connectivity index (χ1n) is 4.98. The van der Waals surface area contributed by atoms with E-state index in [9.17, 15) is 9.59 Å². The largest absolute Gasteiger partial charge is 0.325 e. The summed E-state index contributed by atoms with van der Waals surface area (Å²) < 4.78 is 0. The molecule has 0 spiro atoms. The third kappa shape index (κ3) is 1.82. The van der Waals surface area contributed by atoms with Gasteiger partial charge in [0.05, 0.1) is 5.56 Å². The predicted molar refractivity (Wildman–Crippen MR) is 62.6 cm³/mol. The monoisotopic (exact) mass is 216 g/mol. The Morgan fingerprint density at radius 1 is 0.938 bits per heavy atom. The molecular weight excluding hydrogens is 204 g/mol. The van der Waals surface area contributed by atoms with Crippen LogP contribution in [0.5, 0.6) is 0 Å². The second-order valence-electron chi connectivity index (χ2n) is 3.77. The fourth-order valence-electron chi connectivity index (χ4n) is 1.67. The van der Waals surface area contributed by atoms with Crippen LogP contribution in [0, 0.1) is 13.8 Å². The molecule has 82 valence electrons. The van der Waals surface area contributed by atoms with Gasteiger partial charge in [0, 0.05) is 5.69 Å². The first-order valence-corrected chi connectivity index (χ1v) is 4.98. The standard InChI is InChI=1S/C12H12N2O2/c1-7-3-5-9(6-4-7)10-8(2)13-12(16)14-11(10)15/h3-6H,1-2H3,(H2,13,14,15,16). The average Bonchev–Trinajstić information content (AvgIpc) is 2.19. The number of hydrogen-bond acceptors (Lipinski definition) is 2. The maximum absolute atomic E-state index is 11.7. The van der Waals surface area contributed by atoms with Gasteiger partial charge in [-0.25, -0.2) is 4.79 Å². The molecule has 1 aromatic carbocycles. The molecule has 0 saturated heterocycles. The van der Waals surface area contributed by atoms with Crippen molar-refractivity contribution in [2.75, 3.05) is 0 Å². The van der Waals surface area contributed by atoms with Crippen molar-refractivity contribution in [3.63, 3.8) is 0 Å². The smallest absolute Gasteiger partial charge is 0.311 e. The van der Waals surface area contributed by atoms with E-state index in [1.54, 1.807) is 6.92 Å². The fourth-order valence-corrected chi connectivity index (χ4v) is 1.67. The molecule has 0 unspecified atom stereocenters. The van der Waals surface area contributed by atoms with E-state index in [0.717, 1.165) is 11.1 Å². The lowest BCUT2D eigenvalue weighted by atomic mass is 10.0. The van der Waals surface area contributed by atoms with Gasteiger partial charge in [0.2, 0.25) is 0 Å². The van der Waals surface area contributed by atoms with E-state index >= 15 is 0 Å². The summed E-state index contributed by atoms with van der Waals surface area (Å²) in [4.78, 5) is 27.5. The van der Waals surface area contributed by atoms with Gasteiger partial charge in [-0.3, -0.25) is 9.78 Å². The number of aromatic nitrogens is 2. The minimum absolute atomic E-state index is 0.356. The van der Waals surface area contributed by atoms with Gasteiger partial charge < -0.3 is 4.98 Å². The van der Waals surface area contributed by atoms with Crippen LogP contribution >= 0.6 is 0 Å². The molecule has 1 heterocycles. The Balaban J connectivity index is 2.69. The Bertz CT molecular complexity index is 621. The van der Waals surface area contributed by atoms with Crippen molar-refractivity contribution in [3.05, 3.63) is 56.4 Å². The third-order valence-corrected chi connectivity index (χ3v) is 2.47. The molecule has 0 saturated carbocycles. The van der Waals surface area contributed by atoms with E-state index in [-0.39, 0.29) is 5.56 Å². The summed E-state index contributed by atoms with van der Waals surface area (Å²) in [6.45, 7) is 3.69.